The topological polar surface area (TPSA) is 29.1 Å². The van der Waals surface area contributed by atoms with Crippen LogP contribution in [0, 0.1) is 13.8 Å². The number of carbonyl (C=O) groups is 1. The number of hydrogen-bond acceptors (Lipinski definition) is 1. The second kappa shape index (κ2) is 7.09. The van der Waals surface area contributed by atoms with E-state index in [1.165, 1.54) is 6.08 Å². The molecule has 126 valence electrons. The van der Waals surface area contributed by atoms with Gasteiger partial charge in [-0.2, -0.15) is 13.2 Å². The van der Waals surface area contributed by atoms with Crippen LogP contribution in [0.1, 0.15) is 22.3 Å². The highest BCUT2D eigenvalue weighted by Gasteiger charge is 2.30. The summed E-state index contributed by atoms with van der Waals surface area (Å²) in [5.41, 5.74) is 1.92. The van der Waals surface area contributed by atoms with Crippen molar-refractivity contribution in [3.05, 3.63) is 69.8 Å². The molecule has 0 unspecified atom stereocenters. The fraction of sp³-hybridized carbons (Fsp3) is 0.167. The maximum Gasteiger partial charge on any atom is 0.416 e. The second-order valence-electron chi connectivity index (χ2n) is 5.38. The van der Waals surface area contributed by atoms with Gasteiger partial charge >= 0.3 is 6.18 Å². The highest BCUT2D eigenvalue weighted by atomic mass is 35.5. The number of amides is 1. The lowest BCUT2D eigenvalue weighted by Crippen LogP contribution is -2.09. The molecule has 0 spiro atoms. The van der Waals surface area contributed by atoms with Crippen LogP contribution in [0.25, 0.3) is 6.08 Å². The first-order chi connectivity index (χ1) is 11.2. The average Bonchev–Trinajstić information content (AvgIpc) is 2.48. The van der Waals surface area contributed by atoms with Crippen molar-refractivity contribution in [1.82, 2.24) is 0 Å². The number of carbonyl (C=O) groups excluding carboxylic acids is 1. The first-order valence-corrected chi connectivity index (χ1v) is 7.47. The molecule has 0 saturated carbocycles. The molecule has 1 N–H and O–H groups in total. The van der Waals surface area contributed by atoms with Crippen molar-refractivity contribution in [2.45, 2.75) is 20.0 Å². The molecule has 0 aromatic heterocycles. The molecule has 0 atom stereocenters. The molecule has 0 fully saturated rings. The van der Waals surface area contributed by atoms with Gasteiger partial charge in [-0.3, -0.25) is 4.79 Å². The van der Waals surface area contributed by atoms with Crippen molar-refractivity contribution in [3.8, 4) is 0 Å². The van der Waals surface area contributed by atoms with Crippen LogP contribution in [-0.2, 0) is 11.0 Å². The second-order valence-corrected chi connectivity index (χ2v) is 5.78. The third-order valence-corrected chi connectivity index (χ3v) is 3.72. The fourth-order valence-electron chi connectivity index (χ4n) is 2.14. The van der Waals surface area contributed by atoms with E-state index < -0.39 is 17.6 Å². The molecule has 2 nitrogen and oxygen atoms in total. The summed E-state index contributed by atoms with van der Waals surface area (Å²) in [7, 11) is 0. The molecule has 1 amide bonds. The Hall–Kier alpha value is -2.27. The van der Waals surface area contributed by atoms with Crippen molar-refractivity contribution in [2.24, 2.45) is 0 Å². The van der Waals surface area contributed by atoms with Gasteiger partial charge in [0.1, 0.15) is 0 Å². The first-order valence-electron chi connectivity index (χ1n) is 7.10. The van der Waals surface area contributed by atoms with Gasteiger partial charge in [-0.1, -0.05) is 29.3 Å². The molecule has 0 aliphatic carbocycles. The number of rotatable bonds is 3. The van der Waals surface area contributed by atoms with E-state index in [9.17, 15) is 18.0 Å². The van der Waals surface area contributed by atoms with Crippen molar-refractivity contribution in [3.63, 3.8) is 0 Å². The van der Waals surface area contributed by atoms with Crippen LogP contribution in [0.3, 0.4) is 0 Å². The number of hydrogen-bond donors (Lipinski definition) is 1. The summed E-state index contributed by atoms with van der Waals surface area (Å²) < 4.78 is 38.1. The normalized spacial score (nSPS) is 11.8. The van der Waals surface area contributed by atoms with Gasteiger partial charge in [0.15, 0.2) is 0 Å². The minimum atomic E-state index is -4.46. The fourth-order valence-corrected chi connectivity index (χ4v) is 2.32. The van der Waals surface area contributed by atoms with Crippen LogP contribution in [0.5, 0.6) is 0 Å². The number of anilines is 1. The third-order valence-electron chi connectivity index (χ3n) is 3.38. The summed E-state index contributed by atoms with van der Waals surface area (Å²) in [6.45, 7) is 3.80. The maximum absolute atomic E-state index is 12.7. The van der Waals surface area contributed by atoms with Crippen LogP contribution in [0.2, 0.25) is 5.02 Å². The molecule has 24 heavy (non-hydrogen) atoms. The van der Waals surface area contributed by atoms with Gasteiger partial charge in [-0.15, -0.1) is 0 Å². The molecular formula is C18H15ClF3NO. The highest BCUT2D eigenvalue weighted by Crippen LogP contribution is 2.32. The Morgan fingerprint density at radius 2 is 1.83 bits per heavy atom. The van der Waals surface area contributed by atoms with Crippen molar-refractivity contribution < 1.29 is 18.0 Å². The van der Waals surface area contributed by atoms with E-state index in [1.54, 1.807) is 6.07 Å². The Balaban J connectivity index is 2.17. The number of aryl methyl sites for hydroxylation is 2. The molecule has 0 radical (unpaired) electrons. The summed E-state index contributed by atoms with van der Waals surface area (Å²) in [5, 5.41) is 2.82. The molecule has 0 heterocycles. The zero-order valence-corrected chi connectivity index (χ0v) is 13.8. The lowest BCUT2D eigenvalue weighted by molar-refractivity contribution is -0.137. The van der Waals surface area contributed by atoms with Crippen LogP contribution in [0.15, 0.2) is 42.5 Å². The minimum absolute atomic E-state index is 0.127. The molecule has 2 rings (SSSR count). The van der Waals surface area contributed by atoms with Crippen molar-refractivity contribution in [1.29, 1.82) is 0 Å². The summed E-state index contributed by atoms with van der Waals surface area (Å²) in [6.07, 6.45) is -2.05. The van der Waals surface area contributed by atoms with Gasteiger partial charge in [0.25, 0.3) is 0 Å². The van der Waals surface area contributed by atoms with Gasteiger partial charge in [-0.25, -0.2) is 0 Å². The van der Waals surface area contributed by atoms with Crippen LogP contribution in [-0.4, -0.2) is 5.91 Å². The zero-order chi connectivity index (χ0) is 17.9. The molecule has 0 saturated heterocycles. The van der Waals surface area contributed by atoms with E-state index >= 15 is 0 Å². The van der Waals surface area contributed by atoms with Gasteiger partial charge in [0.2, 0.25) is 5.91 Å². The lowest BCUT2D eigenvalue weighted by Gasteiger charge is -2.09. The first kappa shape index (κ1) is 18.1. The minimum Gasteiger partial charge on any atom is -0.322 e. The van der Waals surface area contributed by atoms with Crippen LogP contribution >= 0.6 is 11.6 Å². The van der Waals surface area contributed by atoms with Gasteiger partial charge < -0.3 is 5.32 Å². The van der Waals surface area contributed by atoms with Gasteiger partial charge in [-0.05, 0) is 55.3 Å². The summed E-state index contributed by atoms with van der Waals surface area (Å²) in [6, 6.07) is 8.51. The Kier molecular flexibility index (Phi) is 5.34. The summed E-state index contributed by atoms with van der Waals surface area (Å²) in [4.78, 5) is 12.0. The molecule has 0 bridgehead atoms. The standard InChI is InChI=1S/C18H15ClF3NO/c1-11-3-7-16(12(2)9-11)23-17(24)8-4-13-10-14(18(20,21)22)5-6-15(13)19/h3-10H,1-2H3,(H,23,24)/b8-4+. The SMILES string of the molecule is Cc1ccc(NC(=O)/C=C/c2cc(C(F)(F)F)ccc2Cl)c(C)c1. The van der Waals surface area contributed by atoms with Crippen LogP contribution < -0.4 is 5.32 Å². The molecule has 0 aliphatic heterocycles. The van der Waals surface area contributed by atoms with Gasteiger partial charge in [0, 0.05) is 16.8 Å². The number of benzene rings is 2. The van der Waals surface area contributed by atoms with E-state index in [0.717, 1.165) is 35.4 Å². The molecule has 2 aromatic rings. The Bertz CT molecular complexity index is 797. The average molecular weight is 354 g/mol. The van der Waals surface area contributed by atoms with E-state index in [2.05, 4.69) is 5.32 Å². The van der Waals surface area contributed by atoms with E-state index in [-0.39, 0.29) is 10.6 Å². The third kappa shape index (κ3) is 4.61. The highest BCUT2D eigenvalue weighted by molar-refractivity contribution is 6.32. The quantitative estimate of drug-likeness (QED) is 0.712. The van der Waals surface area contributed by atoms with E-state index in [4.69, 9.17) is 11.6 Å². The number of nitrogens with one attached hydrogen (secondary N) is 1. The van der Waals surface area contributed by atoms with Crippen molar-refractivity contribution in [2.75, 3.05) is 5.32 Å². The summed E-state index contributed by atoms with van der Waals surface area (Å²) >= 11 is 5.88. The predicted molar refractivity (Wildman–Crippen MR) is 90.0 cm³/mol. The Labute approximate surface area is 142 Å². The lowest BCUT2D eigenvalue weighted by atomic mass is 10.1. The molecule has 0 aliphatic rings. The molecule has 6 heteroatoms. The maximum atomic E-state index is 12.7. The molecular weight excluding hydrogens is 339 g/mol. The Morgan fingerprint density at radius 1 is 1.12 bits per heavy atom. The van der Waals surface area contributed by atoms with Gasteiger partial charge in [0.05, 0.1) is 5.56 Å². The van der Waals surface area contributed by atoms with E-state index in [0.29, 0.717) is 5.69 Å². The van der Waals surface area contributed by atoms with E-state index in [1.807, 2.05) is 26.0 Å². The van der Waals surface area contributed by atoms with Crippen molar-refractivity contribution >= 4 is 29.3 Å². The monoisotopic (exact) mass is 353 g/mol. The smallest absolute Gasteiger partial charge is 0.322 e. The predicted octanol–water partition coefficient (Wildman–Crippen LogP) is 5.63. The number of halogens is 4. The van der Waals surface area contributed by atoms with Crippen LogP contribution in [0.4, 0.5) is 18.9 Å². The molecule has 2 aromatic carbocycles. The number of alkyl halides is 3. The zero-order valence-electron chi connectivity index (χ0n) is 13.0. The largest absolute Gasteiger partial charge is 0.416 e. The Morgan fingerprint density at radius 3 is 2.46 bits per heavy atom. The summed E-state index contributed by atoms with van der Waals surface area (Å²) in [5.74, 6) is -0.449.